The Morgan fingerprint density at radius 1 is 1.22 bits per heavy atom. The normalized spacial score (nSPS) is 14.4. The summed E-state index contributed by atoms with van der Waals surface area (Å²) in [5.41, 5.74) is 0.947. The van der Waals surface area contributed by atoms with E-state index in [9.17, 15) is 18.5 Å². The minimum atomic E-state index is -3.81. The zero-order valence-corrected chi connectivity index (χ0v) is 14.7. The fourth-order valence-electron chi connectivity index (χ4n) is 2.47. The Morgan fingerprint density at radius 2 is 1.93 bits per heavy atom. The molecule has 0 bridgehead atoms. The number of amidine groups is 1. The minimum absolute atomic E-state index is 0.0475. The number of hydrogen-bond donors (Lipinski definition) is 0. The number of hydrogen-bond acceptors (Lipinski definition) is 7. The zero-order chi connectivity index (χ0) is 19.4. The van der Waals surface area contributed by atoms with Gasteiger partial charge >= 0.3 is 0 Å². The van der Waals surface area contributed by atoms with Gasteiger partial charge in [0.2, 0.25) is 0 Å². The Morgan fingerprint density at radius 3 is 2.59 bits per heavy atom. The first-order valence-corrected chi connectivity index (χ1v) is 9.24. The van der Waals surface area contributed by atoms with Crippen molar-refractivity contribution in [2.24, 2.45) is 9.50 Å². The number of nitriles is 1. The maximum atomic E-state index is 12.2. The summed E-state index contributed by atoms with van der Waals surface area (Å²) < 4.78 is 28.2. The number of hydrazone groups is 1. The quantitative estimate of drug-likeness (QED) is 0.442. The van der Waals surface area contributed by atoms with Crippen LogP contribution in [0.5, 0.6) is 0 Å². The van der Waals surface area contributed by atoms with Gasteiger partial charge in [0.25, 0.3) is 15.7 Å². The van der Waals surface area contributed by atoms with Crippen molar-refractivity contribution < 1.29 is 13.3 Å². The van der Waals surface area contributed by atoms with Crippen LogP contribution in [0, 0.1) is 21.4 Å². The van der Waals surface area contributed by atoms with E-state index < -0.39 is 14.9 Å². The first-order chi connectivity index (χ1) is 12.9. The molecule has 0 aliphatic carbocycles. The van der Waals surface area contributed by atoms with E-state index in [0.717, 1.165) is 0 Å². The molecule has 0 amide bonds. The van der Waals surface area contributed by atoms with E-state index in [1.165, 1.54) is 41.6 Å². The molecule has 3 rings (SSSR count). The van der Waals surface area contributed by atoms with Gasteiger partial charge in [-0.3, -0.25) is 10.1 Å². The van der Waals surface area contributed by atoms with Gasteiger partial charge in [-0.15, -0.1) is 4.40 Å². The van der Waals surface area contributed by atoms with Gasteiger partial charge in [0.1, 0.15) is 4.90 Å². The molecule has 1 heterocycles. The number of nitrogens with zero attached hydrogens (tertiary/aromatic N) is 5. The molecule has 0 unspecified atom stereocenters. The van der Waals surface area contributed by atoms with Gasteiger partial charge in [-0.2, -0.15) is 18.8 Å². The third-order valence-corrected chi connectivity index (χ3v) is 5.07. The summed E-state index contributed by atoms with van der Waals surface area (Å²) in [4.78, 5) is 10.3. The molecule has 0 N–H and O–H groups in total. The number of nitro benzene ring substituents is 1. The lowest BCUT2D eigenvalue weighted by molar-refractivity contribution is -0.384. The van der Waals surface area contributed by atoms with Crippen molar-refractivity contribution in [2.75, 3.05) is 6.54 Å². The number of benzene rings is 2. The third kappa shape index (κ3) is 3.83. The van der Waals surface area contributed by atoms with Crippen LogP contribution in [0.2, 0.25) is 0 Å². The Kier molecular flexibility index (Phi) is 4.96. The summed E-state index contributed by atoms with van der Waals surface area (Å²) in [6.45, 7) is 0.142. The summed E-state index contributed by atoms with van der Waals surface area (Å²) in [6.07, 6.45) is 1.54. The van der Waals surface area contributed by atoms with Crippen LogP contribution in [0.4, 0.5) is 5.69 Å². The highest BCUT2D eigenvalue weighted by Crippen LogP contribution is 2.27. The van der Waals surface area contributed by atoms with Crippen LogP contribution in [-0.4, -0.2) is 36.9 Å². The zero-order valence-electron chi connectivity index (χ0n) is 13.9. The van der Waals surface area contributed by atoms with Crippen LogP contribution < -0.4 is 0 Å². The van der Waals surface area contributed by atoms with Crippen molar-refractivity contribution in [1.29, 1.82) is 5.26 Å². The van der Waals surface area contributed by atoms with Gasteiger partial charge in [-0.1, -0.05) is 12.1 Å². The van der Waals surface area contributed by atoms with Gasteiger partial charge in [-0.25, -0.2) is 5.01 Å². The van der Waals surface area contributed by atoms with Crippen molar-refractivity contribution in [3.63, 3.8) is 0 Å². The average Bonchev–Trinajstić information content (AvgIpc) is 2.94. The highest BCUT2D eigenvalue weighted by atomic mass is 32.2. The Bertz CT molecular complexity index is 1090. The molecule has 0 saturated heterocycles. The number of rotatable bonds is 5. The fourth-order valence-corrected chi connectivity index (χ4v) is 3.67. The lowest BCUT2D eigenvalue weighted by Crippen LogP contribution is -2.27. The first kappa shape index (κ1) is 18.2. The second-order valence-electron chi connectivity index (χ2n) is 5.51. The predicted molar refractivity (Wildman–Crippen MR) is 97.8 cm³/mol. The molecule has 1 aliphatic heterocycles. The monoisotopic (exact) mass is 383 g/mol. The molecule has 27 heavy (non-hydrogen) atoms. The molecule has 10 heteroatoms. The summed E-state index contributed by atoms with van der Waals surface area (Å²) in [5, 5.41) is 25.2. The maximum absolute atomic E-state index is 12.2. The van der Waals surface area contributed by atoms with Crippen LogP contribution in [0.3, 0.4) is 0 Å². The molecule has 2 aromatic rings. The largest absolute Gasteiger partial charge is 0.285 e. The van der Waals surface area contributed by atoms with Gasteiger partial charge in [-0.05, 0) is 29.8 Å². The molecule has 1 aliphatic rings. The fraction of sp³-hybridized carbons (Fsp3) is 0.118. The Hall–Kier alpha value is -3.58. The summed E-state index contributed by atoms with van der Waals surface area (Å²) in [6, 6.07) is 14.1. The molecule has 0 radical (unpaired) electrons. The van der Waals surface area contributed by atoms with E-state index in [1.54, 1.807) is 18.2 Å². The van der Waals surface area contributed by atoms with E-state index in [1.807, 2.05) is 6.07 Å². The third-order valence-electron chi connectivity index (χ3n) is 3.74. The first-order valence-electron chi connectivity index (χ1n) is 7.79. The molecule has 0 spiro atoms. The van der Waals surface area contributed by atoms with E-state index in [4.69, 9.17) is 5.26 Å². The molecule has 0 aromatic heterocycles. The van der Waals surface area contributed by atoms with E-state index in [-0.39, 0.29) is 29.4 Å². The van der Waals surface area contributed by atoms with Crippen molar-refractivity contribution >= 4 is 27.8 Å². The molecule has 136 valence electrons. The predicted octanol–water partition coefficient (Wildman–Crippen LogP) is 2.29. The molecular formula is C17H13N5O4S. The number of sulfonamides is 1. The topological polar surface area (TPSA) is 129 Å². The molecule has 0 atom stereocenters. The number of nitro groups is 1. The SMILES string of the molecule is N#CCCN(/N=C/c1ccc([N+](=O)[O-])cc1)C1=NS(=O)(=O)c2ccccc21. The van der Waals surface area contributed by atoms with E-state index in [2.05, 4.69) is 9.50 Å². The van der Waals surface area contributed by atoms with Gasteiger partial charge in [0.05, 0.1) is 30.2 Å². The number of fused-ring (bicyclic) bond motifs is 1. The van der Waals surface area contributed by atoms with Crippen molar-refractivity contribution in [3.8, 4) is 6.07 Å². The number of non-ortho nitro benzene ring substituents is 1. The molecular weight excluding hydrogens is 370 g/mol. The molecule has 0 fully saturated rings. The Labute approximate surface area is 155 Å². The minimum Gasteiger partial charge on any atom is -0.258 e. The van der Waals surface area contributed by atoms with E-state index in [0.29, 0.717) is 11.1 Å². The smallest absolute Gasteiger partial charge is 0.258 e. The second kappa shape index (κ2) is 7.35. The second-order valence-corrected chi connectivity index (χ2v) is 7.08. The van der Waals surface area contributed by atoms with Crippen molar-refractivity contribution in [3.05, 3.63) is 69.8 Å². The van der Waals surface area contributed by atoms with Gasteiger partial charge in [0, 0.05) is 17.7 Å². The lowest BCUT2D eigenvalue weighted by atomic mass is 10.2. The van der Waals surface area contributed by atoms with Crippen LogP contribution in [0.15, 0.2) is 62.9 Å². The average molecular weight is 383 g/mol. The lowest BCUT2D eigenvalue weighted by Gasteiger charge is -2.17. The summed E-state index contributed by atoms with van der Waals surface area (Å²) in [7, 11) is -3.81. The van der Waals surface area contributed by atoms with Gasteiger partial charge in [0.15, 0.2) is 5.84 Å². The molecule has 9 nitrogen and oxygen atoms in total. The van der Waals surface area contributed by atoms with Crippen molar-refractivity contribution in [2.45, 2.75) is 11.3 Å². The highest BCUT2D eigenvalue weighted by molar-refractivity contribution is 7.90. The highest BCUT2D eigenvalue weighted by Gasteiger charge is 2.31. The standard InChI is InChI=1S/C17H13N5O4S/c18-10-3-11-21(19-12-13-6-8-14(9-7-13)22(23)24)17-15-4-1-2-5-16(15)27(25,26)20-17/h1-2,4-9,12H,3,11H2/b19-12+. The van der Waals surface area contributed by atoms with Crippen LogP contribution in [0.1, 0.15) is 17.5 Å². The summed E-state index contributed by atoms with van der Waals surface area (Å²) >= 11 is 0. The molecule has 2 aromatic carbocycles. The van der Waals surface area contributed by atoms with Crippen molar-refractivity contribution in [1.82, 2.24) is 5.01 Å². The maximum Gasteiger partial charge on any atom is 0.285 e. The van der Waals surface area contributed by atoms with E-state index >= 15 is 0 Å². The van der Waals surface area contributed by atoms with Crippen LogP contribution >= 0.6 is 0 Å². The van der Waals surface area contributed by atoms with Crippen LogP contribution in [-0.2, 0) is 10.0 Å². The Balaban J connectivity index is 1.93. The van der Waals surface area contributed by atoms with Gasteiger partial charge < -0.3 is 0 Å². The molecule has 0 saturated carbocycles. The van der Waals surface area contributed by atoms with Crippen LogP contribution in [0.25, 0.3) is 0 Å². The summed E-state index contributed by atoms with van der Waals surface area (Å²) in [5.74, 6) is 0.138.